The number of nitrogens with two attached hydrogens (primary N) is 1. The van der Waals surface area contributed by atoms with Crippen LogP contribution in [0, 0.1) is 0 Å². The molecule has 3 rings (SSSR count). The summed E-state index contributed by atoms with van der Waals surface area (Å²) in [5.74, 6) is 0.966. The van der Waals surface area contributed by atoms with Crippen molar-refractivity contribution in [1.29, 1.82) is 0 Å². The van der Waals surface area contributed by atoms with Crippen molar-refractivity contribution >= 4 is 0 Å². The summed E-state index contributed by atoms with van der Waals surface area (Å²) in [6.45, 7) is 0.683. The van der Waals surface area contributed by atoms with Crippen molar-refractivity contribution in [3.05, 3.63) is 65.2 Å². The van der Waals surface area contributed by atoms with E-state index in [1.807, 2.05) is 12.1 Å². The number of fused-ring (bicyclic) bond motifs is 1. The number of para-hydroxylation sites is 1. The highest BCUT2D eigenvalue weighted by atomic mass is 16.5. The number of hydrogen-bond acceptors (Lipinski definition) is 2. The van der Waals surface area contributed by atoms with Crippen molar-refractivity contribution < 1.29 is 4.74 Å². The van der Waals surface area contributed by atoms with Crippen LogP contribution in [-0.2, 0) is 18.3 Å². The van der Waals surface area contributed by atoms with E-state index in [1.54, 1.807) is 7.11 Å². The SMILES string of the molecule is COc1ccccc1CC1(CN)CCCc2ccccc21. The average Bonchev–Trinajstić information content (AvgIpc) is 2.55. The fourth-order valence-corrected chi connectivity index (χ4v) is 3.69. The van der Waals surface area contributed by atoms with Gasteiger partial charge in [-0.05, 0) is 48.4 Å². The van der Waals surface area contributed by atoms with Gasteiger partial charge in [-0.15, -0.1) is 0 Å². The Morgan fingerprint density at radius 1 is 1.10 bits per heavy atom. The maximum absolute atomic E-state index is 6.25. The normalized spacial score (nSPS) is 20.9. The Morgan fingerprint density at radius 3 is 2.67 bits per heavy atom. The van der Waals surface area contributed by atoms with Gasteiger partial charge in [0.1, 0.15) is 5.75 Å². The summed E-state index contributed by atoms with van der Waals surface area (Å²) in [4.78, 5) is 0. The molecule has 0 spiro atoms. The van der Waals surface area contributed by atoms with Crippen LogP contribution in [0.15, 0.2) is 48.5 Å². The van der Waals surface area contributed by atoms with Crippen LogP contribution in [0.25, 0.3) is 0 Å². The first-order valence-corrected chi connectivity index (χ1v) is 7.69. The highest BCUT2D eigenvalue weighted by Crippen LogP contribution is 2.40. The van der Waals surface area contributed by atoms with Crippen LogP contribution in [-0.4, -0.2) is 13.7 Å². The summed E-state index contributed by atoms with van der Waals surface area (Å²) in [5.41, 5.74) is 10.4. The molecular weight excluding hydrogens is 258 g/mol. The molecule has 21 heavy (non-hydrogen) atoms. The van der Waals surface area contributed by atoms with E-state index in [1.165, 1.54) is 29.5 Å². The van der Waals surface area contributed by atoms with Crippen LogP contribution < -0.4 is 10.5 Å². The molecule has 0 heterocycles. The standard InChI is InChI=1S/C19H23NO/c1-21-18-11-5-3-8-16(18)13-19(14-20)12-6-9-15-7-2-4-10-17(15)19/h2-5,7-8,10-11H,6,9,12-14,20H2,1H3. The molecule has 1 aliphatic carbocycles. The van der Waals surface area contributed by atoms with Crippen molar-refractivity contribution in [2.45, 2.75) is 31.1 Å². The van der Waals surface area contributed by atoms with Crippen LogP contribution in [0.3, 0.4) is 0 Å². The van der Waals surface area contributed by atoms with Gasteiger partial charge in [-0.3, -0.25) is 0 Å². The number of aryl methyl sites for hydroxylation is 1. The Balaban J connectivity index is 2.02. The van der Waals surface area contributed by atoms with Gasteiger partial charge in [0, 0.05) is 12.0 Å². The zero-order valence-electron chi connectivity index (χ0n) is 12.6. The Hall–Kier alpha value is -1.80. The highest BCUT2D eigenvalue weighted by molar-refractivity contribution is 5.42. The minimum atomic E-state index is 0.0451. The Labute approximate surface area is 126 Å². The fraction of sp³-hybridized carbons (Fsp3) is 0.368. The van der Waals surface area contributed by atoms with E-state index in [4.69, 9.17) is 10.5 Å². The first-order valence-electron chi connectivity index (χ1n) is 7.69. The monoisotopic (exact) mass is 281 g/mol. The molecule has 2 N–H and O–H groups in total. The van der Waals surface area contributed by atoms with Gasteiger partial charge in [0.15, 0.2) is 0 Å². The van der Waals surface area contributed by atoms with Crippen LogP contribution >= 0.6 is 0 Å². The van der Waals surface area contributed by atoms with Crippen LogP contribution in [0.2, 0.25) is 0 Å². The molecule has 0 saturated heterocycles. The van der Waals surface area contributed by atoms with Gasteiger partial charge in [-0.2, -0.15) is 0 Å². The fourth-order valence-electron chi connectivity index (χ4n) is 3.69. The Bertz CT molecular complexity index is 622. The van der Waals surface area contributed by atoms with Crippen molar-refractivity contribution in [3.8, 4) is 5.75 Å². The lowest BCUT2D eigenvalue weighted by molar-refractivity contribution is 0.353. The predicted molar refractivity (Wildman–Crippen MR) is 86.8 cm³/mol. The summed E-state index contributed by atoms with van der Waals surface area (Å²) in [6.07, 6.45) is 4.48. The first kappa shape index (κ1) is 14.2. The van der Waals surface area contributed by atoms with E-state index in [-0.39, 0.29) is 5.41 Å². The second-order valence-corrected chi connectivity index (χ2v) is 5.98. The molecule has 0 aliphatic heterocycles. The third-order valence-electron chi connectivity index (χ3n) is 4.80. The van der Waals surface area contributed by atoms with E-state index in [0.717, 1.165) is 18.6 Å². The molecule has 0 saturated carbocycles. The third-order valence-corrected chi connectivity index (χ3v) is 4.80. The summed E-state index contributed by atoms with van der Waals surface area (Å²) in [6, 6.07) is 17.1. The maximum atomic E-state index is 6.25. The van der Waals surface area contributed by atoms with Crippen LogP contribution in [0.5, 0.6) is 5.75 Å². The average molecular weight is 281 g/mol. The molecule has 1 atom stereocenters. The van der Waals surface area contributed by atoms with Crippen molar-refractivity contribution in [2.75, 3.05) is 13.7 Å². The predicted octanol–water partition coefficient (Wildman–Crippen LogP) is 3.47. The zero-order valence-corrected chi connectivity index (χ0v) is 12.6. The molecule has 2 nitrogen and oxygen atoms in total. The van der Waals surface area contributed by atoms with Gasteiger partial charge in [-0.1, -0.05) is 42.5 Å². The number of methoxy groups -OCH3 is 1. The summed E-state index contributed by atoms with van der Waals surface area (Å²) >= 11 is 0. The minimum absolute atomic E-state index is 0.0451. The number of rotatable bonds is 4. The maximum Gasteiger partial charge on any atom is 0.122 e. The minimum Gasteiger partial charge on any atom is -0.496 e. The molecule has 110 valence electrons. The molecule has 0 bridgehead atoms. The molecule has 1 aliphatic rings. The number of benzene rings is 2. The summed E-state index contributed by atoms with van der Waals surface area (Å²) < 4.78 is 5.52. The molecule has 2 aromatic rings. The first-order chi connectivity index (χ1) is 10.3. The van der Waals surface area contributed by atoms with Crippen molar-refractivity contribution in [2.24, 2.45) is 5.73 Å². The zero-order chi connectivity index (χ0) is 14.7. The molecule has 2 aromatic carbocycles. The molecule has 2 heteroatoms. The smallest absolute Gasteiger partial charge is 0.122 e. The number of hydrogen-bond donors (Lipinski definition) is 1. The van der Waals surface area contributed by atoms with Crippen molar-refractivity contribution in [3.63, 3.8) is 0 Å². The van der Waals surface area contributed by atoms with Crippen LogP contribution in [0.1, 0.15) is 29.5 Å². The summed E-state index contributed by atoms with van der Waals surface area (Å²) in [7, 11) is 1.74. The molecule has 1 unspecified atom stereocenters. The molecule has 0 fully saturated rings. The van der Waals surface area contributed by atoms with Gasteiger partial charge >= 0.3 is 0 Å². The van der Waals surface area contributed by atoms with Gasteiger partial charge in [0.05, 0.1) is 7.11 Å². The van der Waals surface area contributed by atoms with Gasteiger partial charge in [-0.25, -0.2) is 0 Å². The molecule has 0 amide bonds. The van der Waals surface area contributed by atoms with E-state index >= 15 is 0 Å². The molecular formula is C19H23NO. The third kappa shape index (κ3) is 2.56. The van der Waals surface area contributed by atoms with Gasteiger partial charge in [0.25, 0.3) is 0 Å². The van der Waals surface area contributed by atoms with Gasteiger partial charge < -0.3 is 10.5 Å². The second kappa shape index (κ2) is 5.90. The lowest BCUT2D eigenvalue weighted by atomic mass is 9.67. The van der Waals surface area contributed by atoms with Gasteiger partial charge in [0.2, 0.25) is 0 Å². The molecule has 0 aromatic heterocycles. The second-order valence-electron chi connectivity index (χ2n) is 5.98. The quantitative estimate of drug-likeness (QED) is 0.931. The lowest BCUT2D eigenvalue weighted by Crippen LogP contribution is -2.40. The van der Waals surface area contributed by atoms with E-state index in [2.05, 4.69) is 36.4 Å². The van der Waals surface area contributed by atoms with Crippen LogP contribution in [0.4, 0.5) is 0 Å². The Morgan fingerprint density at radius 2 is 1.86 bits per heavy atom. The van der Waals surface area contributed by atoms with E-state index in [9.17, 15) is 0 Å². The van der Waals surface area contributed by atoms with E-state index in [0.29, 0.717) is 6.54 Å². The Kier molecular flexibility index (Phi) is 3.98. The lowest BCUT2D eigenvalue weighted by Gasteiger charge is -2.39. The summed E-state index contributed by atoms with van der Waals surface area (Å²) in [5, 5.41) is 0. The van der Waals surface area contributed by atoms with E-state index < -0.39 is 0 Å². The van der Waals surface area contributed by atoms with Crippen molar-refractivity contribution in [1.82, 2.24) is 0 Å². The molecule has 0 radical (unpaired) electrons. The largest absolute Gasteiger partial charge is 0.496 e. The number of ether oxygens (including phenoxy) is 1. The topological polar surface area (TPSA) is 35.2 Å². The highest BCUT2D eigenvalue weighted by Gasteiger charge is 2.35.